The Bertz CT molecular complexity index is 598. The van der Waals surface area contributed by atoms with Gasteiger partial charge in [0.15, 0.2) is 0 Å². The second-order valence-corrected chi connectivity index (χ2v) is 4.36. The molecular weight excluding hydrogens is 231 g/mol. The molecule has 0 amide bonds. The molecule has 0 radical (unpaired) electrons. The Morgan fingerprint density at radius 1 is 1.33 bits per heavy atom. The minimum Gasteiger partial charge on any atom is -0.324 e. The average molecular weight is 244 g/mol. The van der Waals surface area contributed by atoms with Crippen molar-refractivity contribution in [1.82, 2.24) is 15.3 Å². The molecule has 5 heteroatoms. The van der Waals surface area contributed by atoms with Crippen LogP contribution in [0.25, 0.3) is 0 Å². The molecule has 18 heavy (non-hydrogen) atoms. The van der Waals surface area contributed by atoms with E-state index in [9.17, 15) is 4.39 Å². The minimum atomic E-state index is -0.233. The van der Waals surface area contributed by atoms with Crippen LogP contribution >= 0.6 is 0 Å². The summed E-state index contributed by atoms with van der Waals surface area (Å²) in [4.78, 5) is 8.61. The van der Waals surface area contributed by atoms with E-state index in [0.717, 1.165) is 24.3 Å². The van der Waals surface area contributed by atoms with Crippen molar-refractivity contribution in [3.8, 4) is 0 Å². The molecule has 2 aromatic rings. The Balaban J connectivity index is 1.85. The molecule has 1 aliphatic rings. The maximum Gasteiger partial charge on any atom is 0.227 e. The Morgan fingerprint density at radius 2 is 2.22 bits per heavy atom. The summed E-state index contributed by atoms with van der Waals surface area (Å²) in [5.74, 6) is 0.267. The number of hydrogen-bond donors (Lipinski definition) is 2. The summed E-state index contributed by atoms with van der Waals surface area (Å²) in [5.41, 5.74) is 3.40. The van der Waals surface area contributed by atoms with Gasteiger partial charge in [-0.15, -0.1) is 0 Å². The van der Waals surface area contributed by atoms with Gasteiger partial charge in [0.25, 0.3) is 0 Å². The van der Waals surface area contributed by atoms with Crippen LogP contribution in [0.3, 0.4) is 0 Å². The van der Waals surface area contributed by atoms with Gasteiger partial charge in [-0.2, -0.15) is 0 Å². The van der Waals surface area contributed by atoms with E-state index in [1.165, 1.54) is 6.07 Å². The normalized spacial score (nSPS) is 13.4. The number of fused-ring (bicyclic) bond motifs is 1. The van der Waals surface area contributed by atoms with E-state index < -0.39 is 0 Å². The average Bonchev–Trinajstić information content (AvgIpc) is 2.81. The van der Waals surface area contributed by atoms with Gasteiger partial charge in [-0.1, -0.05) is 6.07 Å². The van der Waals surface area contributed by atoms with Crippen LogP contribution in [0.4, 0.5) is 16.0 Å². The van der Waals surface area contributed by atoms with Crippen LogP contribution in [0, 0.1) is 12.7 Å². The summed E-state index contributed by atoms with van der Waals surface area (Å²) in [6.07, 6.45) is 1.80. The van der Waals surface area contributed by atoms with Gasteiger partial charge in [0, 0.05) is 30.5 Å². The van der Waals surface area contributed by atoms with Crippen LogP contribution in [0.2, 0.25) is 0 Å². The van der Waals surface area contributed by atoms with E-state index in [4.69, 9.17) is 0 Å². The van der Waals surface area contributed by atoms with Crippen molar-refractivity contribution in [3.63, 3.8) is 0 Å². The topological polar surface area (TPSA) is 49.8 Å². The number of aromatic nitrogens is 2. The predicted molar refractivity (Wildman–Crippen MR) is 67.0 cm³/mol. The van der Waals surface area contributed by atoms with Crippen molar-refractivity contribution in [2.75, 3.05) is 5.32 Å². The molecule has 1 aromatic carbocycles. The number of rotatable bonds is 2. The highest BCUT2D eigenvalue weighted by atomic mass is 19.1. The first-order valence-electron chi connectivity index (χ1n) is 5.81. The number of hydrogen-bond acceptors (Lipinski definition) is 4. The fraction of sp³-hybridized carbons (Fsp3) is 0.231. The minimum absolute atomic E-state index is 0.233. The van der Waals surface area contributed by atoms with Gasteiger partial charge in [-0.3, -0.25) is 0 Å². The highest BCUT2D eigenvalue weighted by Gasteiger charge is 2.12. The third-order valence-corrected chi connectivity index (χ3v) is 2.99. The zero-order valence-corrected chi connectivity index (χ0v) is 10.00. The zero-order chi connectivity index (χ0) is 12.5. The van der Waals surface area contributed by atoms with Crippen molar-refractivity contribution >= 4 is 11.6 Å². The number of anilines is 2. The third kappa shape index (κ3) is 2.04. The predicted octanol–water partition coefficient (Wildman–Crippen LogP) is 2.27. The van der Waals surface area contributed by atoms with Crippen LogP contribution in [-0.4, -0.2) is 9.97 Å². The number of halogens is 1. The van der Waals surface area contributed by atoms with Gasteiger partial charge in [-0.25, -0.2) is 14.4 Å². The van der Waals surface area contributed by atoms with Gasteiger partial charge in [0.05, 0.1) is 5.69 Å². The Labute approximate surface area is 104 Å². The molecule has 0 saturated heterocycles. The van der Waals surface area contributed by atoms with Crippen molar-refractivity contribution in [2.45, 2.75) is 20.0 Å². The summed E-state index contributed by atoms with van der Waals surface area (Å²) in [6, 6.07) is 4.99. The first kappa shape index (κ1) is 11.1. The quantitative estimate of drug-likeness (QED) is 0.850. The molecule has 4 nitrogen and oxygen atoms in total. The first-order chi connectivity index (χ1) is 8.72. The molecule has 0 bridgehead atoms. The van der Waals surface area contributed by atoms with Crippen molar-refractivity contribution in [1.29, 1.82) is 0 Å². The fourth-order valence-corrected chi connectivity index (χ4v) is 1.92. The van der Waals surface area contributed by atoms with Crippen molar-refractivity contribution < 1.29 is 4.39 Å². The second kappa shape index (κ2) is 4.34. The molecule has 0 unspecified atom stereocenters. The molecule has 92 valence electrons. The van der Waals surface area contributed by atoms with Gasteiger partial charge < -0.3 is 10.6 Å². The van der Waals surface area contributed by atoms with Crippen molar-refractivity contribution in [3.05, 3.63) is 47.0 Å². The number of nitrogens with zero attached hydrogens (tertiary/aromatic N) is 2. The Morgan fingerprint density at radius 3 is 3.06 bits per heavy atom. The fourth-order valence-electron chi connectivity index (χ4n) is 1.92. The number of benzene rings is 1. The molecule has 1 aromatic heterocycles. The highest BCUT2D eigenvalue weighted by Crippen LogP contribution is 2.19. The second-order valence-electron chi connectivity index (χ2n) is 4.36. The van der Waals surface area contributed by atoms with E-state index in [2.05, 4.69) is 20.6 Å². The van der Waals surface area contributed by atoms with Gasteiger partial charge in [0.2, 0.25) is 5.95 Å². The lowest BCUT2D eigenvalue weighted by atomic mass is 10.2. The lowest BCUT2D eigenvalue weighted by molar-refractivity contribution is 0.619. The largest absolute Gasteiger partial charge is 0.324 e. The van der Waals surface area contributed by atoms with Gasteiger partial charge >= 0.3 is 0 Å². The Hall–Kier alpha value is -2.01. The molecular formula is C13H13FN4. The maximum atomic E-state index is 13.4. The van der Waals surface area contributed by atoms with Crippen molar-refractivity contribution in [2.24, 2.45) is 0 Å². The van der Waals surface area contributed by atoms with Gasteiger partial charge in [0.1, 0.15) is 5.82 Å². The molecule has 0 saturated carbocycles. The molecule has 2 heterocycles. The summed E-state index contributed by atoms with van der Waals surface area (Å²) < 4.78 is 13.4. The highest BCUT2D eigenvalue weighted by molar-refractivity contribution is 5.54. The van der Waals surface area contributed by atoms with E-state index in [0.29, 0.717) is 17.2 Å². The molecule has 0 aliphatic carbocycles. The molecule has 2 N–H and O–H groups in total. The summed E-state index contributed by atoms with van der Waals surface area (Å²) in [6.45, 7) is 3.31. The standard InChI is InChI=1S/C13H13FN4/c1-8-2-3-10(4-11(8)14)17-13-16-6-9-5-15-7-12(9)18-13/h2-4,6,15H,5,7H2,1H3,(H,16,17,18). The number of nitrogens with one attached hydrogen (secondary N) is 2. The lowest BCUT2D eigenvalue weighted by Crippen LogP contribution is -2.02. The monoisotopic (exact) mass is 244 g/mol. The van der Waals surface area contributed by atoms with Crippen LogP contribution in [0.1, 0.15) is 16.8 Å². The molecule has 3 rings (SSSR count). The molecule has 0 spiro atoms. The van der Waals surface area contributed by atoms with Crippen LogP contribution in [0.15, 0.2) is 24.4 Å². The summed E-state index contributed by atoms with van der Waals surface area (Å²) in [5, 5.41) is 6.22. The van der Waals surface area contributed by atoms with E-state index in [-0.39, 0.29) is 5.82 Å². The third-order valence-electron chi connectivity index (χ3n) is 2.99. The first-order valence-corrected chi connectivity index (χ1v) is 5.81. The molecule has 0 fully saturated rings. The van der Waals surface area contributed by atoms with Gasteiger partial charge in [-0.05, 0) is 24.6 Å². The number of aryl methyl sites for hydroxylation is 1. The van der Waals surface area contributed by atoms with Crippen LogP contribution in [-0.2, 0) is 13.1 Å². The van der Waals surface area contributed by atoms with E-state index in [1.807, 2.05) is 6.07 Å². The van der Waals surface area contributed by atoms with E-state index in [1.54, 1.807) is 19.2 Å². The lowest BCUT2D eigenvalue weighted by Gasteiger charge is -2.07. The maximum absolute atomic E-state index is 13.4. The summed E-state index contributed by atoms with van der Waals surface area (Å²) >= 11 is 0. The SMILES string of the molecule is Cc1ccc(Nc2ncc3c(n2)CNC3)cc1F. The van der Waals surface area contributed by atoms with Crippen LogP contribution < -0.4 is 10.6 Å². The van der Waals surface area contributed by atoms with Crippen LogP contribution in [0.5, 0.6) is 0 Å². The Kier molecular flexibility index (Phi) is 2.68. The molecule has 1 aliphatic heterocycles. The molecule has 0 atom stereocenters. The van der Waals surface area contributed by atoms with E-state index >= 15 is 0 Å². The smallest absolute Gasteiger partial charge is 0.227 e. The zero-order valence-electron chi connectivity index (χ0n) is 10.00. The summed E-state index contributed by atoms with van der Waals surface area (Å²) in [7, 11) is 0.